The first-order valence-corrected chi connectivity index (χ1v) is 4.20. The number of rotatable bonds is 4. The van der Waals surface area contributed by atoms with Crippen LogP contribution in [0.3, 0.4) is 0 Å². The molecule has 64 valence electrons. The van der Waals surface area contributed by atoms with Gasteiger partial charge < -0.3 is 5.11 Å². The average molecular weight is 216 g/mol. The second-order valence-corrected chi connectivity index (χ2v) is 3.36. The van der Waals surface area contributed by atoms with Crippen molar-refractivity contribution in [3.8, 4) is 0 Å². The van der Waals surface area contributed by atoms with E-state index in [1.807, 2.05) is 0 Å². The molecule has 0 radical (unpaired) electrons. The first-order chi connectivity index (χ1) is 4.42. The van der Waals surface area contributed by atoms with Crippen LogP contribution in [0, 0.1) is 0 Å². The standard InChI is InChI=1S/C4H8O5S.2Na.2H/c5-4(6)2-1-3-10(7,8)9;;;;/h1-3H2,(H,5,6)(H,7,8,9);;;;. The molecule has 0 aliphatic carbocycles. The first-order valence-electron chi connectivity index (χ1n) is 2.59. The van der Waals surface area contributed by atoms with Crippen LogP contribution in [0.2, 0.25) is 0 Å². The summed E-state index contributed by atoms with van der Waals surface area (Å²) in [6.45, 7) is 0. The summed E-state index contributed by atoms with van der Waals surface area (Å²) >= 11 is 0. The second-order valence-electron chi connectivity index (χ2n) is 1.78. The molecule has 0 saturated heterocycles. The van der Waals surface area contributed by atoms with E-state index in [-0.39, 0.29) is 72.0 Å². The molecule has 0 unspecified atom stereocenters. The summed E-state index contributed by atoms with van der Waals surface area (Å²) in [5, 5.41) is 8.03. The van der Waals surface area contributed by atoms with Crippen molar-refractivity contribution in [3.05, 3.63) is 0 Å². The summed E-state index contributed by atoms with van der Waals surface area (Å²) in [4.78, 5) is 9.81. The third kappa shape index (κ3) is 17.5. The number of hydrogen-bond donors (Lipinski definition) is 2. The molecule has 2 N–H and O–H groups in total. The van der Waals surface area contributed by atoms with Gasteiger partial charge in [0.2, 0.25) is 0 Å². The molecule has 0 aliphatic heterocycles. The molecule has 0 aromatic carbocycles. The number of carboxylic acids is 1. The Morgan fingerprint density at radius 1 is 1.25 bits per heavy atom. The summed E-state index contributed by atoms with van der Waals surface area (Å²) in [7, 11) is -3.98. The molecule has 0 aromatic heterocycles. The van der Waals surface area contributed by atoms with Crippen molar-refractivity contribution in [2.75, 3.05) is 5.75 Å². The molecule has 0 heterocycles. The average Bonchev–Trinajstić information content (AvgIpc) is 1.59. The van der Waals surface area contributed by atoms with Crippen molar-refractivity contribution in [1.82, 2.24) is 0 Å². The summed E-state index contributed by atoms with van der Waals surface area (Å²) in [6.07, 6.45) is -0.284. The molecule has 0 atom stereocenters. The molecule has 0 aliphatic rings. The van der Waals surface area contributed by atoms with E-state index in [0.717, 1.165) is 0 Å². The van der Waals surface area contributed by atoms with Gasteiger partial charge in [0.25, 0.3) is 10.1 Å². The zero-order valence-corrected chi connectivity index (χ0v) is 5.97. The second kappa shape index (κ2) is 8.96. The molecule has 5 nitrogen and oxygen atoms in total. The molecule has 0 aromatic rings. The van der Waals surface area contributed by atoms with Crippen LogP contribution >= 0.6 is 0 Å². The molecule has 0 fully saturated rings. The van der Waals surface area contributed by atoms with Crippen molar-refractivity contribution in [2.24, 2.45) is 0 Å². The maximum absolute atomic E-state index is 9.98. The van der Waals surface area contributed by atoms with Gasteiger partial charge in [-0.3, -0.25) is 9.35 Å². The fraction of sp³-hybridized carbons (Fsp3) is 0.750. The van der Waals surface area contributed by atoms with E-state index < -0.39 is 21.8 Å². The third-order valence-electron chi connectivity index (χ3n) is 0.793. The van der Waals surface area contributed by atoms with Gasteiger partial charge in [-0.15, -0.1) is 0 Å². The Morgan fingerprint density at radius 2 is 1.67 bits per heavy atom. The van der Waals surface area contributed by atoms with Gasteiger partial charge in [0.05, 0.1) is 5.75 Å². The van der Waals surface area contributed by atoms with Gasteiger partial charge in [-0.2, -0.15) is 8.42 Å². The predicted octanol–water partition coefficient (Wildman–Crippen LogP) is -1.56. The minimum absolute atomic E-state index is 0. The fourth-order valence-corrected chi connectivity index (χ4v) is 0.915. The number of aliphatic carboxylic acids is 1. The van der Waals surface area contributed by atoms with Crippen LogP contribution in [0.1, 0.15) is 12.8 Å². The van der Waals surface area contributed by atoms with E-state index in [9.17, 15) is 13.2 Å². The molecule has 0 amide bonds. The predicted molar refractivity (Wildman–Crippen MR) is 47.6 cm³/mol. The topological polar surface area (TPSA) is 91.7 Å². The van der Waals surface area contributed by atoms with Crippen molar-refractivity contribution < 1.29 is 22.9 Å². The Bertz CT molecular complexity index is 211. The summed E-state index contributed by atoms with van der Waals surface area (Å²) in [5.41, 5.74) is 0. The van der Waals surface area contributed by atoms with Gasteiger partial charge in [0.1, 0.15) is 0 Å². The minimum atomic E-state index is -3.98. The maximum atomic E-state index is 9.98. The molecule has 0 saturated carbocycles. The Balaban J connectivity index is -0.000000405. The first kappa shape index (κ1) is 19.0. The molecule has 12 heavy (non-hydrogen) atoms. The summed E-state index contributed by atoms with van der Waals surface area (Å²) < 4.78 is 28.1. The van der Waals surface area contributed by atoms with Crippen LogP contribution in [0.4, 0.5) is 0 Å². The van der Waals surface area contributed by atoms with Crippen LogP contribution in [0.15, 0.2) is 0 Å². The Morgan fingerprint density at radius 3 is 1.92 bits per heavy atom. The molecular weight excluding hydrogens is 206 g/mol. The van der Waals surface area contributed by atoms with E-state index in [2.05, 4.69) is 0 Å². The van der Waals surface area contributed by atoms with Gasteiger partial charge in [-0.1, -0.05) is 0 Å². The SMILES string of the molecule is O=C(O)CCCS(=O)(=O)O.[NaH].[NaH]. The van der Waals surface area contributed by atoms with Gasteiger partial charge >= 0.3 is 65.1 Å². The van der Waals surface area contributed by atoms with Crippen molar-refractivity contribution >= 4 is 75.2 Å². The molecule has 0 spiro atoms. The van der Waals surface area contributed by atoms with Crippen LogP contribution in [-0.4, -0.2) is 88.9 Å². The van der Waals surface area contributed by atoms with Crippen molar-refractivity contribution in [3.63, 3.8) is 0 Å². The third-order valence-corrected chi connectivity index (χ3v) is 1.60. The Hall–Kier alpha value is 1.38. The van der Waals surface area contributed by atoms with E-state index in [1.54, 1.807) is 0 Å². The monoisotopic (exact) mass is 216 g/mol. The number of carbonyl (C=O) groups is 1. The van der Waals surface area contributed by atoms with Crippen LogP contribution in [0.5, 0.6) is 0 Å². The van der Waals surface area contributed by atoms with Crippen molar-refractivity contribution in [2.45, 2.75) is 12.8 Å². The number of hydrogen-bond acceptors (Lipinski definition) is 3. The molecule has 0 bridgehead atoms. The normalized spacial score (nSPS) is 9.42. The van der Waals surface area contributed by atoms with Gasteiger partial charge in [0, 0.05) is 6.42 Å². The van der Waals surface area contributed by atoms with Crippen LogP contribution in [0.25, 0.3) is 0 Å². The van der Waals surface area contributed by atoms with Crippen LogP contribution in [-0.2, 0) is 14.9 Å². The van der Waals surface area contributed by atoms with Crippen molar-refractivity contribution in [1.29, 1.82) is 0 Å². The Labute approximate surface area is 115 Å². The van der Waals surface area contributed by atoms with Crippen LogP contribution < -0.4 is 0 Å². The van der Waals surface area contributed by atoms with E-state index in [0.29, 0.717) is 0 Å². The summed E-state index contributed by atoms with van der Waals surface area (Å²) in [5.74, 6) is -1.55. The molecule has 0 rings (SSSR count). The number of carboxylic acid groups (broad SMARTS) is 1. The zero-order chi connectivity index (χ0) is 8.20. The fourth-order valence-electron chi connectivity index (χ4n) is 0.406. The van der Waals surface area contributed by atoms with Gasteiger partial charge in [-0.05, 0) is 6.42 Å². The van der Waals surface area contributed by atoms with E-state index in [1.165, 1.54) is 0 Å². The zero-order valence-electron chi connectivity index (χ0n) is 5.15. The molecular formula is C4H10Na2O5S. The van der Waals surface area contributed by atoms with E-state index >= 15 is 0 Å². The summed E-state index contributed by atoms with van der Waals surface area (Å²) in [6, 6.07) is 0. The molecule has 8 heteroatoms. The van der Waals surface area contributed by atoms with Gasteiger partial charge in [0.15, 0.2) is 0 Å². The van der Waals surface area contributed by atoms with Gasteiger partial charge in [-0.25, -0.2) is 0 Å². The van der Waals surface area contributed by atoms with E-state index in [4.69, 9.17) is 9.66 Å². The quantitative estimate of drug-likeness (QED) is 0.438. The Kier molecular flexibility index (Phi) is 14.2.